The molecular weight excluding hydrogens is 926 g/mol. The summed E-state index contributed by atoms with van der Waals surface area (Å²) in [7, 11) is 0. The van der Waals surface area contributed by atoms with Gasteiger partial charge in [-0.25, -0.2) is 0 Å². The quantitative estimate of drug-likeness (QED) is 0.154. The zero-order chi connectivity index (χ0) is 52.6. The molecule has 5 heteroatoms. The summed E-state index contributed by atoms with van der Waals surface area (Å²) in [6, 6.07) is 46.0. The van der Waals surface area contributed by atoms with E-state index in [1.165, 1.54) is 110 Å². The molecule has 12 rings (SSSR count). The molecule has 0 amide bonds. The highest BCUT2D eigenvalue weighted by molar-refractivity contribution is 7.33. The number of rotatable bonds is 6. The monoisotopic (exact) mass is 1000 g/mol. The Kier molecular flexibility index (Phi) is 11.7. The Bertz CT molecular complexity index is 3540. The Labute approximate surface area is 453 Å². The molecule has 0 N–H and O–H groups in total. The third-order valence-corrected chi connectivity index (χ3v) is 18.7. The molecule has 0 saturated carbocycles. The van der Waals surface area contributed by atoms with Crippen LogP contribution in [0.2, 0.25) is 0 Å². The van der Waals surface area contributed by atoms with Gasteiger partial charge in [-0.05, 0) is 164 Å². The summed E-state index contributed by atoms with van der Waals surface area (Å²) in [6.07, 6.45) is 21.8. The lowest BCUT2D eigenvalue weighted by Crippen LogP contribution is -2.61. The van der Waals surface area contributed by atoms with E-state index in [0.29, 0.717) is 0 Å². The Morgan fingerprint density at radius 1 is 0.600 bits per heavy atom. The van der Waals surface area contributed by atoms with Crippen LogP contribution in [0.5, 0.6) is 0 Å². The second-order valence-electron chi connectivity index (χ2n) is 26.7. The second-order valence-corrected chi connectivity index (χ2v) is 27.8. The highest BCUT2D eigenvalue weighted by Gasteiger charge is 2.50. The minimum absolute atomic E-state index is 0.00600. The lowest BCUT2D eigenvalue weighted by Gasteiger charge is -2.49. The molecular formula is C70H76BN3S. The van der Waals surface area contributed by atoms with Gasteiger partial charge in [0.2, 0.25) is 0 Å². The number of anilines is 8. The Hall–Kier alpha value is -6.30. The van der Waals surface area contributed by atoms with Crippen LogP contribution in [0.3, 0.4) is 0 Å². The Balaban J connectivity index is 1.28. The van der Waals surface area contributed by atoms with Crippen molar-refractivity contribution in [2.24, 2.45) is 0 Å². The summed E-state index contributed by atoms with van der Waals surface area (Å²) in [6.45, 7) is 31.2. The summed E-state index contributed by atoms with van der Waals surface area (Å²) in [5.74, 6) is 0. The Morgan fingerprint density at radius 3 is 1.93 bits per heavy atom. The maximum Gasteiger partial charge on any atom is 0.264 e. The number of nitrogens with zero attached hydrogens (tertiary/aromatic N) is 3. The normalized spacial score (nSPS) is 18.4. The Morgan fingerprint density at radius 2 is 1.27 bits per heavy atom. The number of para-hydroxylation sites is 1. The van der Waals surface area contributed by atoms with Gasteiger partial charge in [0.25, 0.3) is 6.71 Å². The van der Waals surface area contributed by atoms with Crippen molar-refractivity contribution in [3.05, 3.63) is 191 Å². The van der Waals surface area contributed by atoms with E-state index < -0.39 is 0 Å². The molecule has 5 aliphatic rings. The number of hydrogen-bond acceptors (Lipinski definition) is 4. The first-order chi connectivity index (χ1) is 35.6. The van der Waals surface area contributed by atoms with Gasteiger partial charge < -0.3 is 14.7 Å². The van der Waals surface area contributed by atoms with E-state index in [1.807, 2.05) is 11.3 Å². The SMILES string of the molecule is CC(C)(C)c1ccc(N2c3cc(N(c4ccccc4)C4C=CC=CC4)cc4c3B(c3ccc5c(c3N4c3ccc(C(C)(C)C)cc3C3=CCCC=C3)C(C)(C)CCC5(C)C)c3sc4ccc(C(C)(C)C)cc4c32)cc1. The summed E-state index contributed by atoms with van der Waals surface area (Å²) >= 11 is 2.02. The van der Waals surface area contributed by atoms with Crippen molar-refractivity contribution in [3.8, 4) is 0 Å². The van der Waals surface area contributed by atoms with E-state index in [2.05, 4.69) is 263 Å². The molecule has 3 heterocycles. The van der Waals surface area contributed by atoms with Crippen LogP contribution in [-0.2, 0) is 27.1 Å². The zero-order valence-electron chi connectivity index (χ0n) is 47.0. The first-order valence-electron chi connectivity index (χ1n) is 27.9. The standard InChI is InChI=1S/C70H76BN3S/c1-66(2,3)46-29-33-51(34-30-46)73-58-43-52(72(49-25-19-15-20-26-49)50-27-21-16-22-28-50)44-59-62(58)71(65-63(73)54-42-48(68(7,8)9)32-38-60(54)75-65)56-36-35-55-61(70(12,13)40-39-69(55,10)11)64(56)74(59)57-37-31-47(67(4,5)6)41-53(57)45-23-17-14-18-24-45/h15-17,19-27,29-38,41-44,50H,14,18,28,39-40H2,1-13H3. The van der Waals surface area contributed by atoms with Crippen molar-refractivity contribution < 1.29 is 0 Å². The molecule has 6 aromatic carbocycles. The number of hydrogen-bond donors (Lipinski definition) is 0. The molecule has 75 heavy (non-hydrogen) atoms. The third kappa shape index (κ3) is 8.30. The van der Waals surface area contributed by atoms with Gasteiger partial charge >= 0.3 is 0 Å². The topological polar surface area (TPSA) is 9.72 Å². The summed E-state index contributed by atoms with van der Waals surface area (Å²) in [4.78, 5) is 8.12. The fraction of sp³-hybridized carbons (Fsp3) is 0.343. The molecule has 7 aromatic rings. The minimum atomic E-state index is -0.0860. The largest absolute Gasteiger partial charge is 0.334 e. The number of thiophene rings is 1. The predicted octanol–water partition coefficient (Wildman–Crippen LogP) is 18.0. The number of fused-ring (bicyclic) bond motifs is 8. The predicted molar refractivity (Wildman–Crippen MR) is 329 cm³/mol. The van der Waals surface area contributed by atoms with E-state index >= 15 is 0 Å². The molecule has 380 valence electrons. The molecule has 2 aliphatic heterocycles. The molecule has 1 unspecified atom stereocenters. The second kappa shape index (κ2) is 17.6. The third-order valence-electron chi connectivity index (χ3n) is 17.5. The average Bonchev–Trinajstić information content (AvgIpc) is 3.97. The van der Waals surface area contributed by atoms with Crippen LogP contribution in [-0.4, -0.2) is 12.8 Å². The van der Waals surface area contributed by atoms with E-state index in [1.54, 1.807) is 0 Å². The van der Waals surface area contributed by atoms with Gasteiger partial charge in [-0.15, -0.1) is 11.3 Å². The molecule has 0 radical (unpaired) electrons. The lowest BCUT2D eigenvalue weighted by molar-refractivity contribution is 0.333. The van der Waals surface area contributed by atoms with Crippen LogP contribution in [0, 0.1) is 0 Å². The van der Waals surface area contributed by atoms with Gasteiger partial charge in [0.05, 0.1) is 17.4 Å². The van der Waals surface area contributed by atoms with E-state index in [0.717, 1.165) is 32.1 Å². The average molecular weight is 1000 g/mol. The maximum atomic E-state index is 2.80. The van der Waals surface area contributed by atoms with E-state index in [4.69, 9.17) is 0 Å². The molecule has 0 spiro atoms. The fourth-order valence-corrected chi connectivity index (χ4v) is 14.3. The van der Waals surface area contributed by atoms with Crippen LogP contribution >= 0.6 is 11.3 Å². The smallest absolute Gasteiger partial charge is 0.264 e. The molecule has 0 bridgehead atoms. The molecule has 0 saturated heterocycles. The van der Waals surface area contributed by atoms with Crippen LogP contribution in [0.4, 0.5) is 45.5 Å². The number of benzene rings is 6. The highest BCUT2D eigenvalue weighted by atomic mass is 32.1. The fourth-order valence-electron chi connectivity index (χ4n) is 13.0. The van der Waals surface area contributed by atoms with Crippen molar-refractivity contribution in [1.29, 1.82) is 0 Å². The zero-order valence-corrected chi connectivity index (χ0v) is 47.8. The first-order valence-corrected chi connectivity index (χ1v) is 28.7. The van der Waals surface area contributed by atoms with Crippen molar-refractivity contribution in [2.45, 2.75) is 155 Å². The molecule has 1 aromatic heterocycles. The van der Waals surface area contributed by atoms with Gasteiger partial charge in [0, 0.05) is 54.6 Å². The van der Waals surface area contributed by atoms with Crippen LogP contribution in [0.25, 0.3) is 15.7 Å². The van der Waals surface area contributed by atoms with Crippen molar-refractivity contribution in [2.75, 3.05) is 14.7 Å². The van der Waals surface area contributed by atoms with Crippen LogP contribution < -0.4 is 30.4 Å². The van der Waals surface area contributed by atoms with Crippen molar-refractivity contribution in [3.63, 3.8) is 0 Å². The van der Waals surface area contributed by atoms with E-state index in [-0.39, 0.29) is 39.8 Å². The van der Waals surface area contributed by atoms with E-state index in [9.17, 15) is 0 Å². The molecule has 3 aliphatic carbocycles. The van der Waals surface area contributed by atoms with Gasteiger partial charge in [0.1, 0.15) is 0 Å². The van der Waals surface area contributed by atoms with Gasteiger partial charge in [-0.3, -0.25) is 0 Å². The molecule has 3 nitrogen and oxygen atoms in total. The van der Waals surface area contributed by atoms with Gasteiger partial charge in [0.15, 0.2) is 0 Å². The van der Waals surface area contributed by atoms with Crippen molar-refractivity contribution in [1.82, 2.24) is 0 Å². The number of allylic oxidation sites excluding steroid dienone is 6. The first kappa shape index (κ1) is 49.6. The van der Waals surface area contributed by atoms with Crippen molar-refractivity contribution >= 4 is 94.9 Å². The van der Waals surface area contributed by atoms with Crippen LogP contribution in [0.15, 0.2) is 158 Å². The van der Waals surface area contributed by atoms with Gasteiger partial charge in [-0.1, -0.05) is 187 Å². The summed E-state index contributed by atoms with van der Waals surface area (Å²) in [5.41, 5.74) is 22.3. The molecule has 0 fully saturated rings. The van der Waals surface area contributed by atoms with Crippen LogP contribution in [0.1, 0.15) is 155 Å². The minimum Gasteiger partial charge on any atom is -0.334 e. The van der Waals surface area contributed by atoms with Gasteiger partial charge in [-0.2, -0.15) is 0 Å². The summed E-state index contributed by atoms with van der Waals surface area (Å²) in [5, 5.41) is 1.33. The maximum absolute atomic E-state index is 2.80. The lowest BCUT2D eigenvalue weighted by atomic mass is 9.35. The molecule has 1 atom stereocenters. The summed E-state index contributed by atoms with van der Waals surface area (Å²) < 4.78 is 2.76. The highest BCUT2D eigenvalue weighted by Crippen LogP contribution is 2.56.